The van der Waals surface area contributed by atoms with Crippen LogP contribution in [-0.2, 0) is 16.4 Å². The van der Waals surface area contributed by atoms with Gasteiger partial charge in [0.05, 0.1) is 22.5 Å². The highest BCUT2D eigenvalue weighted by Crippen LogP contribution is 2.29. The fourth-order valence-corrected chi connectivity index (χ4v) is 4.39. The minimum atomic E-state index is -4.13. The van der Waals surface area contributed by atoms with Crippen molar-refractivity contribution in [2.45, 2.75) is 32.1 Å². The number of hydrogen-bond acceptors (Lipinski definition) is 6. The monoisotopic (exact) mass is 452 g/mol. The highest BCUT2D eigenvalue weighted by atomic mass is 32.2. The lowest BCUT2D eigenvalue weighted by Gasteiger charge is -2.14. The van der Waals surface area contributed by atoms with Crippen LogP contribution in [0.4, 0.5) is 17.1 Å². The van der Waals surface area contributed by atoms with E-state index in [4.69, 9.17) is 0 Å². The molecule has 0 aliphatic carbocycles. The summed E-state index contributed by atoms with van der Waals surface area (Å²) >= 11 is 0. The van der Waals surface area contributed by atoms with Crippen molar-refractivity contribution in [1.82, 2.24) is 0 Å². The fraction of sp³-hybridized carbons (Fsp3) is 0.174. The van der Waals surface area contributed by atoms with E-state index in [0.29, 0.717) is 5.69 Å². The number of rotatable bonds is 8. The van der Waals surface area contributed by atoms with E-state index in [-0.39, 0.29) is 16.3 Å². The van der Waals surface area contributed by atoms with Crippen LogP contribution in [0.1, 0.15) is 29.2 Å². The Morgan fingerprint density at radius 1 is 1.00 bits per heavy atom. The van der Waals surface area contributed by atoms with Crippen LogP contribution in [0.25, 0.3) is 0 Å². The molecule has 0 aromatic heterocycles. The molecule has 0 saturated heterocycles. The maximum absolute atomic E-state index is 13.1. The van der Waals surface area contributed by atoms with Crippen LogP contribution in [0.5, 0.6) is 0 Å². The second-order valence-corrected chi connectivity index (χ2v) is 8.98. The summed E-state index contributed by atoms with van der Waals surface area (Å²) in [6, 6.07) is 16.6. The van der Waals surface area contributed by atoms with Crippen LogP contribution in [0, 0.1) is 24.0 Å². The number of anilines is 2. The molecule has 0 aliphatic heterocycles. The van der Waals surface area contributed by atoms with E-state index >= 15 is 0 Å². The maximum atomic E-state index is 13.1. The molecular formula is C23H24N4O4S. The van der Waals surface area contributed by atoms with Gasteiger partial charge in [-0.3, -0.25) is 20.3 Å². The molecule has 0 aliphatic rings. The van der Waals surface area contributed by atoms with E-state index in [1.54, 1.807) is 25.3 Å². The molecule has 0 unspecified atom stereocenters. The summed E-state index contributed by atoms with van der Waals surface area (Å²) in [5.41, 5.74) is 6.63. The van der Waals surface area contributed by atoms with E-state index in [0.717, 1.165) is 29.2 Å². The lowest BCUT2D eigenvalue weighted by molar-refractivity contribution is -0.385. The summed E-state index contributed by atoms with van der Waals surface area (Å²) in [4.78, 5) is 10.3. The number of hydrogen-bond donors (Lipinski definition) is 2. The third kappa shape index (κ3) is 5.50. The lowest BCUT2D eigenvalue weighted by atomic mass is 10.1. The van der Waals surface area contributed by atoms with Crippen LogP contribution >= 0.6 is 0 Å². The van der Waals surface area contributed by atoms with Crippen molar-refractivity contribution >= 4 is 33.3 Å². The topological polar surface area (TPSA) is 114 Å². The predicted molar refractivity (Wildman–Crippen MR) is 127 cm³/mol. The van der Waals surface area contributed by atoms with Gasteiger partial charge in [-0.25, -0.2) is 8.42 Å². The van der Waals surface area contributed by atoms with Gasteiger partial charge in [-0.1, -0.05) is 48.9 Å². The Hall–Kier alpha value is -3.72. The Morgan fingerprint density at radius 3 is 2.31 bits per heavy atom. The number of nitrogens with one attached hydrogen (secondary N) is 2. The van der Waals surface area contributed by atoms with Gasteiger partial charge in [0, 0.05) is 12.1 Å². The van der Waals surface area contributed by atoms with Crippen molar-refractivity contribution in [3.05, 3.63) is 93.0 Å². The number of non-ortho nitro benzene ring substituents is 1. The quantitative estimate of drug-likeness (QED) is 0.283. The van der Waals surface area contributed by atoms with E-state index in [1.807, 2.05) is 37.3 Å². The van der Waals surface area contributed by atoms with Crippen molar-refractivity contribution in [2.24, 2.45) is 5.10 Å². The summed E-state index contributed by atoms with van der Waals surface area (Å²) in [5.74, 6) is 0. The maximum Gasteiger partial charge on any atom is 0.270 e. The third-order valence-electron chi connectivity index (χ3n) is 4.88. The molecule has 0 spiro atoms. The van der Waals surface area contributed by atoms with Crippen molar-refractivity contribution in [1.29, 1.82) is 0 Å². The van der Waals surface area contributed by atoms with Crippen LogP contribution in [0.2, 0.25) is 0 Å². The first-order valence-electron chi connectivity index (χ1n) is 9.96. The molecule has 0 radical (unpaired) electrons. The van der Waals surface area contributed by atoms with E-state index in [9.17, 15) is 18.5 Å². The molecule has 0 saturated carbocycles. The predicted octanol–water partition coefficient (Wildman–Crippen LogP) is 5.02. The van der Waals surface area contributed by atoms with Crippen LogP contribution < -0.4 is 10.1 Å². The Kier molecular flexibility index (Phi) is 6.89. The Bertz CT molecular complexity index is 1270. The van der Waals surface area contributed by atoms with Gasteiger partial charge in [0.1, 0.15) is 4.90 Å². The molecule has 3 aromatic rings. The third-order valence-corrected chi connectivity index (χ3v) is 6.28. The summed E-state index contributed by atoms with van der Waals surface area (Å²) in [5, 5.41) is 15.3. The van der Waals surface area contributed by atoms with Gasteiger partial charge in [-0.2, -0.15) is 5.10 Å². The van der Waals surface area contributed by atoms with Gasteiger partial charge >= 0.3 is 0 Å². The standard InChI is InChI=1S/C23H24N4O4S/c1-4-18-6-8-19(9-7-18)15-24-25-22-12-10-20(27(28)29)14-23(22)32(30,31)26-21-11-5-16(2)13-17(21)3/h5-15,25-26H,4H2,1-3H3/b24-15+. The molecule has 2 N–H and O–H groups in total. The first-order chi connectivity index (χ1) is 15.2. The molecule has 0 atom stereocenters. The Balaban J connectivity index is 1.92. The molecule has 3 aromatic carbocycles. The lowest BCUT2D eigenvalue weighted by Crippen LogP contribution is -2.16. The molecular weight excluding hydrogens is 428 g/mol. The zero-order chi connectivity index (χ0) is 23.3. The molecule has 3 rings (SSSR count). The first-order valence-corrected chi connectivity index (χ1v) is 11.4. The second kappa shape index (κ2) is 9.61. The second-order valence-electron chi connectivity index (χ2n) is 7.33. The minimum absolute atomic E-state index is 0.120. The number of aryl methyl sites for hydroxylation is 3. The molecule has 8 nitrogen and oxygen atoms in total. The minimum Gasteiger partial charge on any atom is -0.279 e. The number of nitro benzene ring substituents is 1. The van der Waals surface area contributed by atoms with Crippen molar-refractivity contribution in [2.75, 3.05) is 10.1 Å². The van der Waals surface area contributed by atoms with Crippen LogP contribution in [0.3, 0.4) is 0 Å². The number of nitro groups is 1. The van der Waals surface area contributed by atoms with Gasteiger partial charge in [0.2, 0.25) is 0 Å². The van der Waals surface area contributed by atoms with Gasteiger partial charge in [-0.05, 0) is 49.1 Å². The van der Waals surface area contributed by atoms with E-state index in [1.165, 1.54) is 17.7 Å². The normalized spacial score (nSPS) is 11.5. The summed E-state index contributed by atoms with van der Waals surface area (Å²) in [7, 11) is -4.13. The molecule has 0 heterocycles. The Labute approximate surface area is 187 Å². The largest absolute Gasteiger partial charge is 0.279 e. The highest BCUT2D eigenvalue weighted by Gasteiger charge is 2.23. The number of hydrazone groups is 1. The zero-order valence-electron chi connectivity index (χ0n) is 18.0. The van der Waals surface area contributed by atoms with E-state index < -0.39 is 14.9 Å². The SMILES string of the molecule is CCc1ccc(/C=N/Nc2ccc([N+](=O)[O-])cc2S(=O)(=O)Nc2ccc(C)cc2C)cc1. The molecule has 0 fully saturated rings. The molecule has 0 amide bonds. The summed E-state index contributed by atoms with van der Waals surface area (Å²) in [6.07, 6.45) is 2.47. The highest BCUT2D eigenvalue weighted by molar-refractivity contribution is 7.92. The van der Waals surface area contributed by atoms with Crippen molar-refractivity contribution in [3.8, 4) is 0 Å². The number of nitrogens with zero attached hydrogens (tertiary/aromatic N) is 2. The van der Waals surface area contributed by atoms with Gasteiger partial charge in [0.15, 0.2) is 0 Å². The molecule has 166 valence electrons. The smallest absolute Gasteiger partial charge is 0.270 e. The molecule has 9 heteroatoms. The van der Waals surface area contributed by atoms with E-state index in [2.05, 4.69) is 22.2 Å². The summed E-state index contributed by atoms with van der Waals surface area (Å²) < 4.78 is 28.7. The zero-order valence-corrected chi connectivity index (χ0v) is 18.8. The van der Waals surface area contributed by atoms with Gasteiger partial charge in [-0.15, -0.1) is 0 Å². The number of benzene rings is 3. The van der Waals surface area contributed by atoms with Crippen molar-refractivity contribution < 1.29 is 13.3 Å². The van der Waals surface area contributed by atoms with Gasteiger partial charge in [0.25, 0.3) is 15.7 Å². The Morgan fingerprint density at radius 2 is 1.69 bits per heavy atom. The van der Waals surface area contributed by atoms with Gasteiger partial charge < -0.3 is 0 Å². The average molecular weight is 453 g/mol. The van der Waals surface area contributed by atoms with Crippen molar-refractivity contribution in [3.63, 3.8) is 0 Å². The van der Waals surface area contributed by atoms with Crippen LogP contribution in [-0.4, -0.2) is 19.6 Å². The first kappa shape index (κ1) is 23.0. The molecule has 32 heavy (non-hydrogen) atoms. The molecule has 0 bridgehead atoms. The average Bonchev–Trinajstić information content (AvgIpc) is 2.76. The van der Waals surface area contributed by atoms with Crippen LogP contribution in [0.15, 0.2) is 70.7 Å². The fourth-order valence-electron chi connectivity index (χ4n) is 3.08. The number of sulfonamides is 1. The summed E-state index contributed by atoms with van der Waals surface area (Å²) in [6.45, 7) is 5.75.